The highest BCUT2D eigenvalue weighted by molar-refractivity contribution is 7.92. The van der Waals surface area contributed by atoms with Crippen LogP contribution in [0.4, 0.5) is 10.5 Å². The predicted octanol–water partition coefficient (Wildman–Crippen LogP) is 1.26. The fraction of sp³-hybridized carbons (Fsp3) is 0.250. The number of rotatable bonds is 6. The van der Waals surface area contributed by atoms with Gasteiger partial charge in [-0.1, -0.05) is 0 Å². The second-order valence-electron chi connectivity index (χ2n) is 6.60. The molecule has 1 aliphatic heterocycles. The molecular weight excluding hydrogens is 442 g/mol. The topological polar surface area (TPSA) is 149 Å². The maximum atomic E-state index is 12.7. The Labute approximate surface area is 184 Å². The summed E-state index contributed by atoms with van der Waals surface area (Å²) in [6.07, 6.45) is -1.21. The van der Waals surface area contributed by atoms with Crippen molar-refractivity contribution in [2.75, 3.05) is 25.0 Å². The zero-order valence-electron chi connectivity index (χ0n) is 17.2. The van der Waals surface area contributed by atoms with E-state index in [0.717, 1.165) is 0 Å². The lowest BCUT2D eigenvalue weighted by molar-refractivity contribution is -0.127. The molecule has 11 nitrogen and oxygen atoms in total. The van der Waals surface area contributed by atoms with Crippen molar-refractivity contribution in [3.8, 4) is 11.5 Å². The third-order valence-electron chi connectivity index (χ3n) is 4.31. The number of fused-ring (bicyclic) bond motifs is 1. The van der Waals surface area contributed by atoms with E-state index < -0.39 is 34.0 Å². The quantitative estimate of drug-likeness (QED) is 0.542. The molecule has 0 fully saturated rings. The summed E-state index contributed by atoms with van der Waals surface area (Å²) in [6.45, 7) is 2.03. The Hall–Kier alpha value is -3.80. The van der Waals surface area contributed by atoms with Gasteiger partial charge in [0.25, 0.3) is 15.9 Å². The average molecular weight is 463 g/mol. The highest BCUT2D eigenvalue weighted by Gasteiger charge is 2.22. The number of amides is 3. The Morgan fingerprint density at radius 2 is 1.66 bits per heavy atom. The van der Waals surface area contributed by atoms with Gasteiger partial charge in [0.05, 0.1) is 10.5 Å². The number of carbonyl (C=O) groups is 3. The van der Waals surface area contributed by atoms with Crippen LogP contribution in [0.15, 0.2) is 47.4 Å². The van der Waals surface area contributed by atoms with Crippen LogP contribution < -0.4 is 24.8 Å². The van der Waals surface area contributed by atoms with Crippen LogP contribution in [-0.2, 0) is 19.6 Å². The van der Waals surface area contributed by atoms with Gasteiger partial charge < -0.3 is 19.5 Å². The van der Waals surface area contributed by atoms with Crippen LogP contribution in [0.5, 0.6) is 11.5 Å². The first kappa shape index (κ1) is 22.9. The van der Waals surface area contributed by atoms with E-state index in [1.807, 2.05) is 5.32 Å². The van der Waals surface area contributed by atoms with Crippen molar-refractivity contribution in [2.24, 2.45) is 0 Å². The lowest BCUT2D eigenvalue weighted by Gasteiger charge is -2.19. The summed E-state index contributed by atoms with van der Waals surface area (Å²) in [7, 11) is -2.58. The normalized spacial score (nSPS) is 13.4. The van der Waals surface area contributed by atoms with Crippen LogP contribution in [0.25, 0.3) is 0 Å². The van der Waals surface area contributed by atoms with Gasteiger partial charge in [0, 0.05) is 18.8 Å². The van der Waals surface area contributed by atoms with Gasteiger partial charge in [-0.15, -0.1) is 0 Å². The van der Waals surface area contributed by atoms with Crippen molar-refractivity contribution < 1.29 is 37.0 Å². The molecule has 0 bridgehead atoms. The van der Waals surface area contributed by atoms with Gasteiger partial charge >= 0.3 is 12.0 Å². The van der Waals surface area contributed by atoms with Crippen LogP contribution in [0.2, 0.25) is 0 Å². The SMILES string of the molecule is CNC(=O)NC(=O)C(C)OC(=O)c1ccc(NS(=O)(=O)c2ccc3c(c2)OCCO3)cc1. The van der Waals surface area contributed by atoms with Crippen molar-refractivity contribution in [3.63, 3.8) is 0 Å². The summed E-state index contributed by atoms with van der Waals surface area (Å²) in [5, 5.41) is 4.20. The Bertz CT molecular complexity index is 1130. The third kappa shape index (κ3) is 5.46. The molecule has 0 saturated carbocycles. The second-order valence-corrected chi connectivity index (χ2v) is 8.29. The number of hydrogen-bond acceptors (Lipinski definition) is 8. The summed E-state index contributed by atoms with van der Waals surface area (Å²) in [4.78, 5) is 35.1. The van der Waals surface area contributed by atoms with Gasteiger partial charge in [-0.3, -0.25) is 14.8 Å². The number of anilines is 1. The molecule has 0 spiro atoms. The number of esters is 1. The second kappa shape index (κ2) is 9.56. The molecule has 3 amide bonds. The van der Waals surface area contributed by atoms with Crippen LogP contribution in [0.3, 0.4) is 0 Å². The number of nitrogens with one attached hydrogen (secondary N) is 3. The van der Waals surface area contributed by atoms with Crippen molar-refractivity contribution >= 4 is 33.6 Å². The first-order chi connectivity index (χ1) is 15.2. The zero-order chi connectivity index (χ0) is 23.3. The van der Waals surface area contributed by atoms with E-state index in [0.29, 0.717) is 24.7 Å². The smallest absolute Gasteiger partial charge is 0.338 e. The molecule has 1 heterocycles. The van der Waals surface area contributed by atoms with Crippen molar-refractivity contribution in [3.05, 3.63) is 48.0 Å². The van der Waals surface area contributed by atoms with Gasteiger partial charge in [-0.05, 0) is 43.3 Å². The van der Waals surface area contributed by atoms with Crippen LogP contribution in [0, 0.1) is 0 Å². The fourth-order valence-electron chi connectivity index (χ4n) is 2.64. The molecule has 2 aromatic rings. The molecule has 12 heteroatoms. The Kier molecular flexibility index (Phi) is 6.83. The van der Waals surface area contributed by atoms with Gasteiger partial charge in [-0.25, -0.2) is 18.0 Å². The molecule has 1 unspecified atom stereocenters. The molecule has 1 atom stereocenters. The largest absolute Gasteiger partial charge is 0.486 e. The highest BCUT2D eigenvalue weighted by atomic mass is 32.2. The highest BCUT2D eigenvalue weighted by Crippen LogP contribution is 2.32. The zero-order valence-corrected chi connectivity index (χ0v) is 18.0. The molecule has 170 valence electrons. The van der Waals surface area contributed by atoms with Gasteiger partial charge in [0.2, 0.25) is 0 Å². The Morgan fingerprint density at radius 3 is 2.31 bits per heavy atom. The van der Waals surface area contributed by atoms with E-state index in [1.165, 1.54) is 56.4 Å². The van der Waals surface area contributed by atoms with Crippen molar-refractivity contribution in [2.45, 2.75) is 17.9 Å². The summed E-state index contributed by atoms with van der Waals surface area (Å²) < 4.78 is 43.5. The number of benzene rings is 2. The monoisotopic (exact) mass is 463 g/mol. The molecular formula is C20H21N3O8S. The minimum Gasteiger partial charge on any atom is -0.486 e. The van der Waals surface area contributed by atoms with E-state index in [-0.39, 0.29) is 16.1 Å². The number of ether oxygens (including phenoxy) is 3. The molecule has 3 N–H and O–H groups in total. The van der Waals surface area contributed by atoms with Gasteiger partial charge in [0.15, 0.2) is 17.6 Å². The van der Waals surface area contributed by atoms with E-state index in [4.69, 9.17) is 14.2 Å². The van der Waals surface area contributed by atoms with Gasteiger partial charge in [0.1, 0.15) is 13.2 Å². The molecule has 0 aromatic heterocycles. The van der Waals surface area contributed by atoms with Crippen LogP contribution in [-0.4, -0.2) is 52.7 Å². The van der Waals surface area contributed by atoms with Crippen LogP contribution in [0.1, 0.15) is 17.3 Å². The molecule has 0 radical (unpaired) electrons. The van der Waals surface area contributed by atoms with E-state index in [2.05, 4.69) is 10.0 Å². The number of sulfonamides is 1. The fourth-order valence-corrected chi connectivity index (χ4v) is 3.71. The number of hydrogen-bond donors (Lipinski definition) is 3. The standard InChI is InChI=1S/C20H21N3O8S/c1-12(18(24)22-20(26)21-2)31-19(25)13-3-5-14(6-4-13)23-32(27,28)15-7-8-16-17(11-15)30-10-9-29-16/h3-8,11-12,23H,9-10H2,1-2H3,(H2,21,22,24,26). The summed E-state index contributed by atoms with van der Waals surface area (Å²) >= 11 is 0. The third-order valence-corrected chi connectivity index (χ3v) is 5.69. The minimum absolute atomic E-state index is 0.0128. The van der Waals surface area contributed by atoms with Gasteiger partial charge in [-0.2, -0.15) is 0 Å². The van der Waals surface area contributed by atoms with Crippen molar-refractivity contribution in [1.82, 2.24) is 10.6 Å². The average Bonchev–Trinajstić information content (AvgIpc) is 2.78. The molecule has 3 rings (SSSR count). The van der Waals surface area contributed by atoms with E-state index >= 15 is 0 Å². The first-order valence-corrected chi connectivity index (χ1v) is 10.9. The molecule has 2 aromatic carbocycles. The predicted molar refractivity (Wildman–Crippen MR) is 112 cm³/mol. The lowest BCUT2D eigenvalue weighted by atomic mass is 10.2. The molecule has 0 aliphatic carbocycles. The van der Waals surface area contributed by atoms with Crippen molar-refractivity contribution in [1.29, 1.82) is 0 Å². The maximum Gasteiger partial charge on any atom is 0.338 e. The Morgan fingerprint density at radius 1 is 1.00 bits per heavy atom. The number of imide groups is 1. The number of carbonyl (C=O) groups excluding carboxylic acids is 3. The van der Waals surface area contributed by atoms with E-state index in [9.17, 15) is 22.8 Å². The summed E-state index contributed by atoms with van der Waals surface area (Å²) in [5.41, 5.74) is 0.300. The Balaban J connectivity index is 1.64. The first-order valence-electron chi connectivity index (χ1n) is 9.45. The molecule has 0 saturated heterocycles. The molecule has 32 heavy (non-hydrogen) atoms. The number of urea groups is 1. The summed E-state index contributed by atoms with van der Waals surface area (Å²) in [6, 6.07) is 8.99. The van der Waals surface area contributed by atoms with E-state index in [1.54, 1.807) is 0 Å². The van der Waals surface area contributed by atoms with Crippen LogP contribution >= 0.6 is 0 Å². The lowest BCUT2D eigenvalue weighted by Crippen LogP contribution is -2.43. The summed E-state index contributed by atoms with van der Waals surface area (Å²) in [5.74, 6) is -0.796. The minimum atomic E-state index is -3.92. The molecule has 1 aliphatic rings. The maximum absolute atomic E-state index is 12.7.